The molecule has 0 bridgehead atoms. The summed E-state index contributed by atoms with van der Waals surface area (Å²) in [4.78, 5) is 19.1. The van der Waals surface area contributed by atoms with Crippen molar-refractivity contribution < 1.29 is 14.6 Å². The third kappa shape index (κ3) is 2.86. The molecular formula is C20H20N2O3. The molecule has 0 saturated heterocycles. The van der Waals surface area contributed by atoms with Crippen molar-refractivity contribution in [2.75, 3.05) is 7.11 Å². The van der Waals surface area contributed by atoms with Gasteiger partial charge in [-0.05, 0) is 48.6 Å². The predicted molar refractivity (Wildman–Crippen MR) is 95.4 cm³/mol. The zero-order chi connectivity index (χ0) is 17.4. The van der Waals surface area contributed by atoms with E-state index in [9.17, 15) is 9.90 Å². The van der Waals surface area contributed by atoms with E-state index in [1.54, 1.807) is 13.2 Å². The summed E-state index contributed by atoms with van der Waals surface area (Å²) in [6.45, 7) is 0. The first kappa shape index (κ1) is 15.7. The second-order valence-corrected chi connectivity index (χ2v) is 6.55. The molecule has 5 heteroatoms. The van der Waals surface area contributed by atoms with E-state index in [1.807, 2.05) is 18.2 Å². The van der Waals surface area contributed by atoms with Crippen molar-refractivity contribution in [3.05, 3.63) is 59.0 Å². The number of benzene rings is 1. The van der Waals surface area contributed by atoms with Gasteiger partial charge in [-0.25, -0.2) is 9.78 Å². The summed E-state index contributed by atoms with van der Waals surface area (Å²) in [6.07, 6.45) is 4.27. The summed E-state index contributed by atoms with van der Waals surface area (Å²) in [6, 6.07) is 11.2. The molecule has 5 nitrogen and oxygen atoms in total. The minimum absolute atomic E-state index is 0.0872. The lowest BCUT2D eigenvalue weighted by atomic mass is 9.81. The van der Waals surface area contributed by atoms with Gasteiger partial charge < -0.3 is 14.8 Å². The number of nitrogens with zero attached hydrogens (tertiary/aromatic N) is 1. The number of nitrogens with one attached hydrogen (secondary N) is 1. The Morgan fingerprint density at radius 1 is 1.32 bits per heavy atom. The van der Waals surface area contributed by atoms with Crippen LogP contribution in [0, 0.1) is 0 Å². The maximum absolute atomic E-state index is 11.2. The molecule has 0 spiro atoms. The Kier molecular flexibility index (Phi) is 3.92. The fourth-order valence-electron chi connectivity index (χ4n) is 3.50. The van der Waals surface area contributed by atoms with Crippen LogP contribution >= 0.6 is 0 Å². The number of methoxy groups -OCH3 is 1. The summed E-state index contributed by atoms with van der Waals surface area (Å²) in [5.41, 5.74) is 4.40. The third-order valence-corrected chi connectivity index (χ3v) is 5.04. The number of carboxylic acid groups (broad SMARTS) is 1. The van der Waals surface area contributed by atoms with Crippen LogP contribution in [0.4, 0.5) is 0 Å². The number of carbonyl (C=O) groups is 1. The summed E-state index contributed by atoms with van der Waals surface area (Å²) in [7, 11) is 1.67. The number of H-pyrrole nitrogens is 1. The highest BCUT2D eigenvalue weighted by Crippen LogP contribution is 2.41. The number of fused-ring (bicyclic) bond motifs is 1. The highest BCUT2D eigenvalue weighted by Gasteiger charge is 2.25. The lowest BCUT2D eigenvalue weighted by Gasteiger charge is -2.25. The van der Waals surface area contributed by atoms with E-state index in [2.05, 4.69) is 16.0 Å². The molecule has 1 saturated carbocycles. The number of carboxylic acids is 1. The van der Waals surface area contributed by atoms with Gasteiger partial charge in [0.2, 0.25) is 0 Å². The number of hydrogen-bond acceptors (Lipinski definition) is 3. The molecule has 0 atom stereocenters. The van der Waals surface area contributed by atoms with Gasteiger partial charge in [0.05, 0.1) is 7.11 Å². The Hall–Kier alpha value is -2.82. The molecule has 0 unspecified atom stereocenters. The normalized spacial score (nSPS) is 14.4. The van der Waals surface area contributed by atoms with E-state index in [0.29, 0.717) is 12.3 Å². The number of hydrogen-bond donors (Lipinski definition) is 2. The molecule has 4 rings (SSSR count). The highest BCUT2D eigenvalue weighted by molar-refractivity contribution is 5.87. The number of aromatic carboxylic acids is 1. The fraction of sp³-hybridized carbons (Fsp3) is 0.300. The molecule has 1 aliphatic carbocycles. The second-order valence-electron chi connectivity index (χ2n) is 6.55. The lowest BCUT2D eigenvalue weighted by molar-refractivity contribution is 0.0690. The highest BCUT2D eigenvalue weighted by atomic mass is 16.5. The number of ether oxygens (including phenoxy) is 1. The molecular weight excluding hydrogens is 316 g/mol. The maximum atomic E-state index is 11.2. The molecule has 128 valence electrons. The molecule has 1 aliphatic rings. The topological polar surface area (TPSA) is 75.2 Å². The van der Waals surface area contributed by atoms with Crippen LogP contribution in [0.5, 0.6) is 5.75 Å². The van der Waals surface area contributed by atoms with E-state index >= 15 is 0 Å². The molecule has 3 aromatic rings. The van der Waals surface area contributed by atoms with Crippen LogP contribution in [-0.4, -0.2) is 28.2 Å². The van der Waals surface area contributed by atoms with Gasteiger partial charge >= 0.3 is 5.97 Å². The van der Waals surface area contributed by atoms with Crippen molar-refractivity contribution in [1.82, 2.24) is 9.97 Å². The van der Waals surface area contributed by atoms with Crippen LogP contribution in [0.1, 0.15) is 52.6 Å². The smallest absolute Gasteiger partial charge is 0.354 e. The predicted octanol–water partition coefficient (Wildman–Crippen LogP) is 4.13. The largest absolute Gasteiger partial charge is 0.497 e. The van der Waals surface area contributed by atoms with Crippen molar-refractivity contribution in [1.29, 1.82) is 0 Å². The van der Waals surface area contributed by atoms with Gasteiger partial charge in [0.15, 0.2) is 0 Å². The van der Waals surface area contributed by atoms with Crippen molar-refractivity contribution in [3.63, 3.8) is 0 Å². The molecule has 0 radical (unpaired) electrons. The van der Waals surface area contributed by atoms with Gasteiger partial charge in [-0.1, -0.05) is 12.5 Å². The van der Waals surface area contributed by atoms with Crippen molar-refractivity contribution in [2.45, 2.75) is 31.6 Å². The SMILES string of the molecule is COc1ccc2c(Cc3cccc(C(=O)O)n3)c(C3CCC3)[nH]c2c1. The second kappa shape index (κ2) is 6.24. The van der Waals surface area contributed by atoms with Crippen molar-refractivity contribution in [3.8, 4) is 5.75 Å². The molecule has 2 N–H and O–H groups in total. The van der Waals surface area contributed by atoms with E-state index in [0.717, 1.165) is 22.3 Å². The first-order valence-electron chi connectivity index (χ1n) is 8.53. The summed E-state index contributed by atoms with van der Waals surface area (Å²) >= 11 is 0. The van der Waals surface area contributed by atoms with Crippen molar-refractivity contribution in [2.24, 2.45) is 0 Å². The summed E-state index contributed by atoms with van der Waals surface area (Å²) in [5.74, 6) is 0.382. The summed E-state index contributed by atoms with van der Waals surface area (Å²) < 4.78 is 5.33. The molecule has 1 fully saturated rings. The van der Waals surface area contributed by atoms with Crippen LogP contribution < -0.4 is 4.74 Å². The Balaban J connectivity index is 1.79. The van der Waals surface area contributed by atoms with Crippen LogP contribution in [0.3, 0.4) is 0 Å². The van der Waals surface area contributed by atoms with Gasteiger partial charge in [-0.3, -0.25) is 0 Å². The van der Waals surface area contributed by atoms with E-state index < -0.39 is 5.97 Å². The third-order valence-electron chi connectivity index (χ3n) is 5.04. The number of aromatic nitrogens is 2. The van der Waals surface area contributed by atoms with Gasteiger partial charge in [-0.2, -0.15) is 0 Å². The fourth-order valence-corrected chi connectivity index (χ4v) is 3.50. The Morgan fingerprint density at radius 2 is 2.16 bits per heavy atom. The monoisotopic (exact) mass is 336 g/mol. The van der Waals surface area contributed by atoms with Crippen LogP contribution in [0.2, 0.25) is 0 Å². The number of aromatic amines is 1. The Bertz CT molecular complexity index is 941. The molecule has 1 aromatic carbocycles. The quantitative estimate of drug-likeness (QED) is 0.734. The number of rotatable bonds is 5. The van der Waals surface area contributed by atoms with Gasteiger partial charge in [0.1, 0.15) is 11.4 Å². The first-order chi connectivity index (χ1) is 12.2. The first-order valence-corrected chi connectivity index (χ1v) is 8.53. The average Bonchev–Trinajstić information content (AvgIpc) is 2.90. The van der Waals surface area contributed by atoms with Crippen molar-refractivity contribution >= 4 is 16.9 Å². The zero-order valence-corrected chi connectivity index (χ0v) is 14.1. The molecule has 0 amide bonds. The average molecular weight is 336 g/mol. The molecule has 25 heavy (non-hydrogen) atoms. The molecule has 2 aromatic heterocycles. The zero-order valence-electron chi connectivity index (χ0n) is 14.1. The summed E-state index contributed by atoms with van der Waals surface area (Å²) in [5, 5.41) is 10.3. The van der Waals surface area contributed by atoms with E-state index in [1.165, 1.54) is 36.6 Å². The van der Waals surface area contributed by atoms with Gasteiger partial charge in [0, 0.05) is 34.8 Å². The van der Waals surface area contributed by atoms with E-state index in [-0.39, 0.29) is 5.69 Å². The van der Waals surface area contributed by atoms with Crippen LogP contribution in [0.25, 0.3) is 10.9 Å². The molecule has 2 heterocycles. The standard InChI is InChI=1S/C20H20N2O3/c1-25-14-8-9-15-16(10-13-6-3-7-17(21-13)20(23)24)19(12-4-2-5-12)22-18(15)11-14/h3,6-9,11-12,22H,2,4-5,10H2,1H3,(H,23,24). The Morgan fingerprint density at radius 3 is 2.84 bits per heavy atom. The Labute approximate surface area is 145 Å². The lowest BCUT2D eigenvalue weighted by Crippen LogP contribution is -2.12. The minimum atomic E-state index is -0.996. The van der Waals surface area contributed by atoms with Gasteiger partial charge in [-0.15, -0.1) is 0 Å². The van der Waals surface area contributed by atoms with Crippen LogP contribution in [0.15, 0.2) is 36.4 Å². The maximum Gasteiger partial charge on any atom is 0.354 e. The number of pyridine rings is 1. The molecule has 0 aliphatic heterocycles. The van der Waals surface area contributed by atoms with Crippen LogP contribution in [-0.2, 0) is 6.42 Å². The minimum Gasteiger partial charge on any atom is -0.497 e. The van der Waals surface area contributed by atoms with E-state index in [4.69, 9.17) is 4.74 Å². The van der Waals surface area contributed by atoms with Gasteiger partial charge in [0.25, 0.3) is 0 Å².